The molecule has 0 heterocycles. The molecule has 390 valence electrons. The van der Waals surface area contributed by atoms with Crippen molar-refractivity contribution in [2.75, 3.05) is 40.9 Å². The Morgan fingerprint density at radius 2 is 0.833 bits per heavy atom. The first kappa shape index (κ1) is 64.7. The number of aliphatic hydroxyl groups excluding tert-OH is 1. The third-order valence-corrected chi connectivity index (χ3v) is 13.8. The summed E-state index contributed by atoms with van der Waals surface area (Å²) in [5.41, 5.74) is 0. The Kier molecular flexibility index (Phi) is 47.8. The number of unbranched alkanes of at least 4 members (excludes halogenated alkanes) is 35. The molecule has 0 aromatic rings. The van der Waals surface area contributed by atoms with E-state index in [1.165, 1.54) is 205 Å². The molecule has 0 rings (SSSR count). The lowest BCUT2D eigenvalue weighted by molar-refractivity contribution is -0.870. The van der Waals surface area contributed by atoms with E-state index in [4.69, 9.17) is 9.05 Å². The summed E-state index contributed by atoms with van der Waals surface area (Å²) >= 11 is 0. The maximum atomic E-state index is 12.9. The van der Waals surface area contributed by atoms with Crippen molar-refractivity contribution in [2.24, 2.45) is 0 Å². The molecule has 0 radical (unpaired) electrons. The highest BCUT2D eigenvalue weighted by atomic mass is 31.2. The summed E-state index contributed by atoms with van der Waals surface area (Å²) in [6.07, 6.45) is 62.6. The highest BCUT2D eigenvalue weighted by Gasteiger charge is 2.27. The lowest BCUT2D eigenvalue weighted by atomic mass is 10.0. The first-order valence-corrected chi connectivity index (χ1v) is 29.9. The summed E-state index contributed by atoms with van der Waals surface area (Å²) in [5, 5.41) is 13.9. The molecule has 66 heavy (non-hydrogen) atoms. The van der Waals surface area contributed by atoms with Crippen molar-refractivity contribution < 1.29 is 32.9 Å². The Labute approximate surface area is 410 Å². The highest BCUT2D eigenvalue weighted by Crippen LogP contribution is 2.43. The highest BCUT2D eigenvalue weighted by molar-refractivity contribution is 7.47. The van der Waals surface area contributed by atoms with Gasteiger partial charge in [0.2, 0.25) is 5.91 Å². The van der Waals surface area contributed by atoms with Gasteiger partial charge >= 0.3 is 7.82 Å². The normalized spacial score (nSPS) is 14.2. The zero-order valence-corrected chi connectivity index (χ0v) is 45.3. The molecule has 0 aliphatic heterocycles. The van der Waals surface area contributed by atoms with Gasteiger partial charge in [0, 0.05) is 6.42 Å². The van der Waals surface area contributed by atoms with Crippen LogP contribution in [0.4, 0.5) is 0 Å². The fourth-order valence-electron chi connectivity index (χ4n) is 8.37. The van der Waals surface area contributed by atoms with Gasteiger partial charge in [-0.2, -0.15) is 0 Å². The van der Waals surface area contributed by atoms with Crippen molar-refractivity contribution >= 4 is 13.7 Å². The number of carbonyl (C=O) groups excluding carboxylic acids is 1. The number of quaternary nitrogens is 1. The third kappa shape index (κ3) is 50.6. The number of amides is 1. The predicted octanol–water partition coefficient (Wildman–Crippen LogP) is 17.0. The van der Waals surface area contributed by atoms with Gasteiger partial charge in [-0.15, -0.1) is 0 Å². The van der Waals surface area contributed by atoms with Crippen LogP contribution in [0.3, 0.4) is 0 Å². The molecule has 0 saturated heterocycles. The van der Waals surface area contributed by atoms with Crippen molar-refractivity contribution in [2.45, 2.75) is 283 Å². The number of allylic oxidation sites excluding steroid dienone is 5. The quantitative estimate of drug-likeness (QED) is 0.0243. The molecule has 1 amide bonds. The van der Waals surface area contributed by atoms with E-state index >= 15 is 0 Å². The number of hydrogen-bond acceptors (Lipinski definition) is 5. The van der Waals surface area contributed by atoms with Crippen LogP contribution in [0.15, 0.2) is 36.5 Å². The SMILES string of the molecule is CCCCCCCCCCCCCCCCCCCCCC/C=C/CC/C=C/CC/C=C/C(O)C(COP(=O)(O)OCC[N+](C)(C)C)NC(=O)CCCCCCCCCCCCCCCC. The van der Waals surface area contributed by atoms with Gasteiger partial charge in [-0.25, -0.2) is 4.57 Å². The fourth-order valence-corrected chi connectivity index (χ4v) is 9.11. The Bertz CT molecular complexity index is 1170. The van der Waals surface area contributed by atoms with Crippen LogP contribution in [0, 0.1) is 0 Å². The summed E-state index contributed by atoms with van der Waals surface area (Å²) < 4.78 is 23.6. The molecule has 3 N–H and O–H groups in total. The zero-order chi connectivity index (χ0) is 48.5. The van der Waals surface area contributed by atoms with E-state index in [1.54, 1.807) is 6.08 Å². The number of nitrogens with zero attached hydrogens (tertiary/aromatic N) is 1. The molecule has 8 nitrogen and oxygen atoms in total. The van der Waals surface area contributed by atoms with Gasteiger partial charge in [0.1, 0.15) is 13.2 Å². The first-order chi connectivity index (χ1) is 32.0. The van der Waals surface area contributed by atoms with Crippen LogP contribution in [0.5, 0.6) is 0 Å². The minimum Gasteiger partial charge on any atom is -0.387 e. The fraction of sp³-hybridized carbons (Fsp3) is 0.877. The topological polar surface area (TPSA) is 105 Å². The molecule has 3 atom stereocenters. The monoisotopic (exact) mass is 952 g/mol. The van der Waals surface area contributed by atoms with E-state index < -0.39 is 20.0 Å². The average molecular weight is 953 g/mol. The van der Waals surface area contributed by atoms with Crippen LogP contribution < -0.4 is 5.32 Å². The standard InChI is InChI=1S/C57H111N2O6P/c1-6-8-10-12-14-16-18-20-22-23-24-25-26-27-28-29-30-31-32-33-34-35-36-37-38-40-42-44-46-48-50-56(60)55(54-65-66(62,63)64-53-52-59(3,4)5)58-57(61)51-49-47-45-43-41-39-21-19-17-15-13-11-9-7-2/h35-36,40,42,48,50,55-56,60H,6-34,37-39,41,43-47,49,51-54H2,1-5H3,(H-,58,61,62,63)/p+1/b36-35+,42-40+,50-48+. The molecular formula is C57H112N2O6P+. The van der Waals surface area contributed by atoms with Crippen molar-refractivity contribution in [3.8, 4) is 0 Å². The molecule has 0 aliphatic carbocycles. The van der Waals surface area contributed by atoms with Gasteiger partial charge in [0.15, 0.2) is 0 Å². The van der Waals surface area contributed by atoms with E-state index in [-0.39, 0.29) is 19.1 Å². The number of nitrogens with one attached hydrogen (secondary N) is 1. The summed E-state index contributed by atoms with van der Waals surface area (Å²) in [5.74, 6) is -0.188. The van der Waals surface area contributed by atoms with Crippen molar-refractivity contribution in [3.05, 3.63) is 36.5 Å². The number of phosphoric acid groups is 1. The minimum absolute atomic E-state index is 0.0549. The number of phosphoric ester groups is 1. The van der Waals surface area contributed by atoms with Gasteiger partial charge in [-0.1, -0.05) is 256 Å². The first-order valence-electron chi connectivity index (χ1n) is 28.4. The largest absolute Gasteiger partial charge is 0.472 e. The molecule has 0 aromatic carbocycles. The summed E-state index contributed by atoms with van der Waals surface area (Å²) in [7, 11) is 1.55. The van der Waals surface area contributed by atoms with Crippen LogP contribution in [0.25, 0.3) is 0 Å². The second kappa shape index (κ2) is 48.7. The number of rotatable bonds is 52. The Balaban J connectivity index is 4.20. The van der Waals surface area contributed by atoms with Crippen LogP contribution in [-0.4, -0.2) is 73.4 Å². The molecule has 0 aromatic heterocycles. The number of likely N-dealkylation sites (N-methyl/N-ethyl adjacent to an activating group) is 1. The summed E-state index contributed by atoms with van der Waals surface area (Å²) in [4.78, 5) is 23.2. The Morgan fingerprint density at radius 3 is 1.21 bits per heavy atom. The van der Waals surface area contributed by atoms with Crippen molar-refractivity contribution in [3.63, 3.8) is 0 Å². The zero-order valence-electron chi connectivity index (χ0n) is 44.4. The molecule has 0 spiro atoms. The maximum Gasteiger partial charge on any atom is 0.472 e. The van der Waals surface area contributed by atoms with Crippen LogP contribution in [0.1, 0.15) is 271 Å². The summed E-state index contributed by atoms with van der Waals surface area (Å²) in [6, 6.07) is -0.867. The second-order valence-corrected chi connectivity index (χ2v) is 22.1. The van der Waals surface area contributed by atoms with Crippen LogP contribution in [-0.2, 0) is 18.4 Å². The van der Waals surface area contributed by atoms with E-state index in [0.717, 1.165) is 44.9 Å². The van der Waals surface area contributed by atoms with E-state index in [1.807, 2.05) is 27.2 Å². The van der Waals surface area contributed by atoms with Gasteiger partial charge < -0.3 is 19.8 Å². The molecule has 3 unspecified atom stereocenters. The van der Waals surface area contributed by atoms with E-state index in [0.29, 0.717) is 17.4 Å². The minimum atomic E-state index is -4.35. The van der Waals surface area contributed by atoms with Gasteiger partial charge in [-0.3, -0.25) is 13.8 Å². The maximum absolute atomic E-state index is 12.9. The Morgan fingerprint density at radius 1 is 0.500 bits per heavy atom. The van der Waals surface area contributed by atoms with Crippen molar-refractivity contribution in [1.82, 2.24) is 5.32 Å². The second-order valence-electron chi connectivity index (χ2n) is 20.7. The molecule has 0 aliphatic rings. The lowest BCUT2D eigenvalue weighted by Gasteiger charge is -2.25. The molecule has 0 fully saturated rings. The van der Waals surface area contributed by atoms with Gasteiger partial charge in [0.25, 0.3) is 0 Å². The Hall–Kier alpha value is -1.28. The van der Waals surface area contributed by atoms with E-state index in [2.05, 4.69) is 43.5 Å². The smallest absolute Gasteiger partial charge is 0.387 e. The van der Waals surface area contributed by atoms with Gasteiger partial charge in [0.05, 0.1) is 39.9 Å². The molecule has 0 saturated carbocycles. The van der Waals surface area contributed by atoms with Crippen LogP contribution in [0.2, 0.25) is 0 Å². The predicted molar refractivity (Wildman–Crippen MR) is 286 cm³/mol. The lowest BCUT2D eigenvalue weighted by Crippen LogP contribution is -2.45. The molecule has 0 bridgehead atoms. The molecule has 9 heteroatoms. The van der Waals surface area contributed by atoms with Crippen LogP contribution >= 0.6 is 7.82 Å². The average Bonchev–Trinajstić information content (AvgIpc) is 3.28. The third-order valence-electron chi connectivity index (χ3n) is 12.8. The van der Waals surface area contributed by atoms with Gasteiger partial charge in [-0.05, 0) is 44.9 Å². The number of hydrogen-bond donors (Lipinski definition) is 3. The molecular weight excluding hydrogens is 840 g/mol. The number of aliphatic hydroxyl groups is 1. The van der Waals surface area contributed by atoms with Crippen molar-refractivity contribution in [1.29, 1.82) is 0 Å². The van der Waals surface area contributed by atoms with E-state index in [9.17, 15) is 19.4 Å². The number of carbonyl (C=O) groups is 1. The summed E-state index contributed by atoms with van der Waals surface area (Å²) in [6.45, 7) is 4.81.